The number of aromatic nitrogens is 2. The van der Waals surface area contributed by atoms with E-state index in [1.165, 1.54) is 10.8 Å². The van der Waals surface area contributed by atoms with E-state index in [0.29, 0.717) is 12.3 Å². The Balaban J connectivity index is 2.70. The van der Waals surface area contributed by atoms with Gasteiger partial charge in [0.2, 0.25) is 0 Å². The molecular formula is C12H19N3O3. The second-order valence-electron chi connectivity index (χ2n) is 4.74. The van der Waals surface area contributed by atoms with Crippen LogP contribution in [0.2, 0.25) is 0 Å². The zero-order chi connectivity index (χ0) is 13.7. The van der Waals surface area contributed by atoms with E-state index in [0.717, 1.165) is 0 Å². The molecule has 1 aromatic rings. The van der Waals surface area contributed by atoms with Gasteiger partial charge in [-0.15, -0.1) is 0 Å². The average Bonchev–Trinajstić information content (AvgIpc) is 2.28. The summed E-state index contributed by atoms with van der Waals surface area (Å²) < 4.78 is 1.40. The molecule has 0 aromatic carbocycles. The van der Waals surface area contributed by atoms with E-state index < -0.39 is 11.9 Å². The SMILES string of the molecule is CC(C)CC(CNc1nccn(C)c1=O)C(=O)O. The zero-order valence-corrected chi connectivity index (χ0v) is 10.9. The van der Waals surface area contributed by atoms with E-state index in [-0.39, 0.29) is 17.9 Å². The van der Waals surface area contributed by atoms with Crippen molar-refractivity contribution in [1.82, 2.24) is 9.55 Å². The summed E-state index contributed by atoms with van der Waals surface area (Å²) in [4.78, 5) is 26.6. The first-order valence-corrected chi connectivity index (χ1v) is 5.90. The molecule has 1 unspecified atom stereocenters. The molecule has 0 aliphatic rings. The molecule has 0 radical (unpaired) electrons. The first-order valence-electron chi connectivity index (χ1n) is 5.90. The summed E-state index contributed by atoms with van der Waals surface area (Å²) in [5.74, 6) is -0.893. The van der Waals surface area contributed by atoms with Gasteiger partial charge in [0.1, 0.15) is 0 Å². The Labute approximate surface area is 106 Å². The predicted octanol–water partition coefficient (Wildman–Crippen LogP) is 0.939. The molecular weight excluding hydrogens is 234 g/mol. The van der Waals surface area contributed by atoms with Crippen LogP contribution < -0.4 is 10.9 Å². The fraction of sp³-hybridized carbons (Fsp3) is 0.583. The summed E-state index contributed by atoms with van der Waals surface area (Å²) in [5, 5.41) is 11.9. The van der Waals surface area contributed by atoms with Crippen LogP contribution in [0.15, 0.2) is 17.2 Å². The average molecular weight is 253 g/mol. The summed E-state index contributed by atoms with van der Waals surface area (Å²) in [6, 6.07) is 0. The number of carboxylic acids is 1. The minimum atomic E-state index is -0.857. The maximum atomic E-state index is 11.7. The third-order valence-electron chi connectivity index (χ3n) is 2.64. The Morgan fingerprint density at radius 1 is 1.56 bits per heavy atom. The first-order chi connectivity index (χ1) is 8.41. The van der Waals surface area contributed by atoms with Crippen LogP contribution in [0.5, 0.6) is 0 Å². The highest BCUT2D eigenvalue weighted by atomic mass is 16.4. The number of hydrogen-bond donors (Lipinski definition) is 2. The van der Waals surface area contributed by atoms with Crippen molar-refractivity contribution in [3.8, 4) is 0 Å². The van der Waals surface area contributed by atoms with Gasteiger partial charge >= 0.3 is 5.97 Å². The quantitative estimate of drug-likeness (QED) is 0.788. The van der Waals surface area contributed by atoms with Crippen molar-refractivity contribution in [2.75, 3.05) is 11.9 Å². The lowest BCUT2D eigenvalue weighted by molar-refractivity contribution is -0.141. The van der Waals surface area contributed by atoms with Gasteiger partial charge in [0.05, 0.1) is 5.92 Å². The smallest absolute Gasteiger partial charge is 0.308 e. The van der Waals surface area contributed by atoms with Crippen LogP contribution in [0.4, 0.5) is 5.82 Å². The summed E-state index contributed by atoms with van der Waals surface area (Å²) in [5.41, 5.74) is -0.258. The second-order valence-corrected chi connectivity index (χ2v) is 4.74. The fourth-order valence-electron chi connectivity index (χ4n) is 1.68. The normalized spacial score (nSPS) is 12.4. The van der Waals surface area contributed by atoms with Gasteiger partial charge in [0.15, 0.2) is 5.82 Å². The molecule has 100 valence electrons. The van der Waals surface area contributed by atoms with Gasteiger partial charge in [0, 0.05) is 26.0 Å². The van der Waals surface area contributed by atoms with Crippen molar-refractivity contribution in [2.24, 2.45) is 18.9 Å². The van der Waals surface area contributed by atoms with Crippen LogP contribution in [-0.4, -0.2) is 27.2 Å². The van der Waals surface area contributed by atoms with Gasteiger partial charge < -0.3 is 15.0 Å². The molecule has 0 amide bonds. The monoisotopic (exact) mass is 253 g/mol. The van der Waals surface area contributed by atoms with Crippen molar-refractivity contribution in [3.05, 3.63) is 22.7 Å². The molecule has 0 bridgehead atoms. The minimum absolute atomic E-state index is 0.190. The summed E-state index contributed by atoms with van der Waals surface area (Å²) >= 11 is 0. The molecule has 1 heterocycles. The lowest BCUT2D eigenvalue weighted by Gasteiger charge is -2.15. The number of hydrogen-bond acceptors (Lipinski definition) is 4. The van der Waals surface area contributed by atoms with Gasteiger partial charge in [-0.05, 0) is 12.3 Å². The number of carboxylic acid groups (broad SMARTS) is 1. The Kier molecular flexibility index (Phi) is 4.88. The van der Waals surface area contributed by atoms with E-state index >= 15 is 0 Å². The van der Waals surface area contributed by atoms with E-state index in [4.69, 9.17) is 5.11 Å². The molecule has 0 saturated carbocycles. The fourth-order valence-corrected chi connectivity index (χ4v) is 1.68. The standard InChI is InChI=1S/C12H19N3O3/c1-8(2)6-9(12(17)18)7-14-10-11(16)15(3)5-4-13-10/h4-5,8-9H,6-7H2,1-3H3,(H,13,14)(H,17,18). The van der Waals surface area contributed by atoms with Crippen molar-refractivity contribution >= 4 is 11.8 Å². The number of nitrogens with zero attached hydrogens (tertiary/aromatic N) is 2. The zero-order valence-electron chi connectivity index (χ0n) is 10.9. The molecule has 0 fully saturated rings. The summed E-state index contributed by atoms with van der Waals surface area (Å²) in [6.45, 7) is 4.14. The lowest BCUT2D eigenvalue weighted by atomic mass is 9.97. The number of carbonyl (C=O) groups is 1. The van der Waals surface area contributed by atoms with E-state index in [9.17, 15) is 9.59 Å². The topological polar surface area (TPSA) is 84.2 Å². The molecule has 1 atom stereocenters. The molecule has 0 spiro atoms. The molecule has 18 heavy (non-hydrogen) atoms. The van der Waals surface area contributed by atoms with Crippen molar-refractivity contribution in [2.45, 2.75) is 20.3 Å². The molecule has 0 aliphatic carbocycles. The van der Waals surface area contributed by atoms with E-state index in [2.05, 4.69) is 10.3 Å². The highest BCUT2D eigenvalue weighted by molar-refractivity contribution is 5.70. The minimum Gasteiger partial charge on any atom is -0.481 e. The molecule has 0 aliphatic heterocycles. The number of aliphatic carboxylic acids is 1. The van der Waals surface area contributed by atoms with Crippen LogP contribution in [0, 0.1) is 11.8 Å². The Hall–Kier alpha value is -1.85. The van der Waals surface area contributed by atoms with Crippen molar-refractivity contribution in [3.63, 3.8) is 0 Å². The van der Waals surface area contributed by atoms with Crippen LogP contribution in [0.1, 0.15) is 20.3 Å². The third-order valence-corrected chi connectivity index (χ3v) is 2.64. The number of rotatable bonds is 6. The predicted molar refractivity (Wildman–Crippen MR) is 68.5 cm³/mol. The van der Waals surface area contributed by atoms with Gasteiger partial charge in [-0.3, -0.25) is 9.59 Å². The molecule has 6 heteroatoms. The van der Waals surface area contributed by atoms with Crippen LogP contribution in [0.3, 0.4) is 0 Å². The molecule has 2 N–H and O–H groups in total. The highest BCUT2D eigenvalue weighted by Gasteiger charge is 2.19. The van der Waals surface area contributed by atoms with E-state index in [1.54, 1.807) is 13.2 Å². The molecule has 1 aromatic heterocycles. The first kappa shape index (κ1) is 14.2. The maximum Gasteiger partial charge on any atom is 0.308 e. The molecule has 0 saturated heterocycles. The van der Waals surface area contributed by atoms with Crippen molar-refractivity contribution in [1.29, 1.82) is 0 Å². The van der Waals surface area contributed by atoms with Crippen LogP contribution in [0.25, 0.3) is 0 Å². The van der Waals surface area contributed by atoms with Gasteiger partial charge in [-0.2, -0.15) is 0 Å². The number of anilines is 1. The summed E-state index contributed by atoms with van der Waals surface area (Å²) in [6.07, 6.45) is 3.62. The van der Waals surface area contributed by atoms with Crippen molar-refractivity contribution < 1.29 is 9.90 Å². The highest BCUT2D eigenvalue weighted by Crippen LogP contribution is 2.12. The number of nitrogens with one attached hydrogen (secondary N) is 1. The van der Waals surface area contributed by atoms with Gasteiger partial charge in [-0.1, -0.05) is 13.8 Å². The Bertz CT molecular complexity index is 468. The second kappa shape index (κ2) is 6.18. The third kappa shape index (κ3) is 3.87. The summed E-state index contributed by atoms with van der Waals surface area (Å²) in [7, 11) is 1.62. The maximum absolute atomic E-state index is 11.7. The largest absolute Gasteiger partial charge is 0.481 e. The van der Waals surface area contributed by atoms with Gasteiger partial charge in [-0.25, -0.2) is 4.98 Å². The van der Waals surface area contributed by atoms with Crippen LogP contribution >= 0.6 is 0 Å². The Morgan fingerprint density at radius 3 is 2.78 bits per heavy atom. The molecule has 6 nitrogen and oxygen atoms in total. The van der Waals surface area contributed by atoms with Gasteiger partial charge in [0.25, 0.3) is 5.56 Å². The lowest BCUT2D eigenvalue weighted by Crippen LogP contribution is -2.28. The molecule has 1 rings (SSSR count). The Morgan fingerprint density at radius 2 is 2.22 bits per heavy atom. The number of aryl methyl sites for hydroxylation is 1. The van der Waals surface area contributed by atoms with Crippen LogP contribution in [-0.2, 0) is 11.8 Å². The van der Waals surface area contributed by atoms with E-state index in [1.807, 2.05) is 13.8 Å².